The van der Waals surface area contributed by atoms with Gasteiger partial charge in [-0.15, -0.1) is 11.8 Å². The number of hydrogen-bond acceptors (Lipinski definition) is 6. The maximum absolute atomic E-state index is 12.1. The number of carbonyl (C=O) groups is 1. The second-order valence-electron chi connectivity index (χ2n) is 7.69. The van der Waals surface area contributed by atoms with Crippen LogP contribution in [0, 0.1) is 20.8 Å². The summed E-state index contributed by atoms with van der Waals surface area (Å²) in [4.78, 5) is 12.1. The van der Waals surface area contributed by atoms with E-state index in [-0.39, 0.29) is 22.7 Å². The summed E-state index contributed by atoms with van der Waals surface area (Å²) in [6, 6.07) is 0. The molecule has 2 aliphatic heterocycles. The van der Waals surface area contributed by atoms with Crippen molar-refractivity contribution in [1.82, 2.24) is 20.0 Å². The summed E-state index contributed by atoms with van der Waals surface area (Å²) in [7, 11) is -3.04. The van der Waals surface area contributed by atoms with Crippen molar-refractivity contribution >= 4 is 33.3 Å². The number of thioether (sulfide) groups is 1. The summed E-state index contributed by atoms with van der Waals surface area (Å²) in [5.74, 6) is 1.12. The van der Waals surface area contributed by atoms with Crippen LogP contribution in [-0.2, 0) is 20.2 Å². The fraction of sp³-hybridized carbons (Fsp3) is 0.588. The van der Waals surface area contributed by atoms with Crippen molar-refractivity contribution in [2.45, 2.75) is 44.9 Å². The van der Waals surface area contributed by atoms with Crippen molar-refractivity contribution in [3.63, 3.8) is 0 Å². The van der Waals surface area contributed by atoms with E-state index in [1.807, 2.05) is 32.4 Å². The molecular weight excluding hydrogens is 386 g/mol. The number of nitrogens with zero attached hydrogens (tertiary/aromatic N) is 3. The van der Waals surface area contributed by atoms with Gasteiger partial charge in [0.05, 0.1) is 33.7 Å². The second kappa shape index (κ2) is 6.10. The Labute approximate surface area is 162 Å². The highest BCUT2D eigenvalue weighted by Crippen LogP contribution is 2.45. The molecule has 0 unspecified atom stereocenters. The third-order valence-electron chi connectivity index (χ3n) is 5.50. The van der Waals surface area contributed by atoms with Gasteiger partial charge >= 0.3 is 0 Å². The largest absolute Gasteiger partial charge is 0.308 e. The summed E-state index contributed by atoms with van der Waals surface area (Å²) in [6.07, 6.45) is 0.560. The zero-order chi connectivity index (χ0) is 19.6. The molecule has 2 aromatic rings. The van der Waals surface area contributed by atoms with Gasteiger partial charge in [0, 0.05) is 22.5 Å². The van der Waals surface area contributed by atoms with Crippen LogP contribution in [-0.4, -0.2) is 51.6 Å². The fourth-order valence-corrected chi connectivity index (χ4v) is 7.67. The molecule has 0 saturated carbocycles. The molecule has 2 aliphatic rings. The van der Waals surface area contributed by atoms with Crippen LogP contribution in [0.25, 0.3) is 0 Å². The zero-order valence-corrected chi connectivity index (χ0v) is 17.4. The minimum absolute atomic E-state index is 0.0770. The van der Waals surface area contributed by atoms with Crippen LogP contribution in [0.2, 0.25) is 0 Å². The molecule has 2 aromatic heterocycles. The number of nitrogens with one attached hydrogen (secondary N) is 2. The maximum atomic E-state index is 12.1. The van der Waals surface area contributed by atoms with Crippen LogP contribution in [0.4, 0.5) is 5.82 Å². The summed E-state index contributed by atoms with van der Waals surface area (Å²) < 4.78 is 26.0. The van der Waals surface area contributed by atoms with Gasteiger partial charge in [-0.05, 0) is 34.1 Å². The lowest BCUT2D eigenvalue weighted by atomic mass is 9.99. The number of carbonyl (C=O) groups excluding carboxylic acids is 1. The molecule has 27 heavy (non-hydrogen) atoms. The quantitative estimate of drug-likeness (QED) is 0.783. The second-order valence-corrected chi connectivity index (χ2v) is 11.0. The first-order chi connectivity index (χ1) is 12.6. The van der Waals surface area contributed by atoms with Gasteiger partial charge in [0.25, 0.3) is 0 Å². The molecule has 0 spiro atoms. The molecule has 4 heterocycles. The Morgan fingerprint density at radius 3 is 2.67 bits per heavy atom. The van der Waals surface area contributed by atoms with E-state index in [2.05, 4.69) is 15.5 Å². The van der Waals surface area contributed by atoms with E-state index >= 15 is 0 Å². The van der Waals surface area contributed by atoms with Crippen LogP contribution in [0.1, 0.15) is 46.8 Å². The van der Waals surface area contributed by atoms with Crippen LogP contribution < -0.4 is 5.32 Å². The highest BCUT2D eigenvalue weighted by Gasteiger charge is 2.43. The topological polar surface area (TPSA) is 110 Å². The van der Waals surface area contributed by atoms with Crippen LogP contribution in [0.5, 0.6) is 0 Å². The number of rotatable bonds is 2. The summed E-state index contributed by atoms with van der Waals surface area (Å²) in [6.45, 7) is 7.83. The molecule has 0 bridgehead atoms. The molecule has 146 valence electrons. The first-order valence-corrected chi connectivity index (χ1v) is 11.7. The van der Waals surface area contributed by atoms with Gasteiger partial charge in [-0.2, -0.15) is 10.2 Å². The van der Waals surface area contributed by atoms with Crippen LogP contribution in [0.3, 0.4) is 0 Å². The first-order valence-electron chi connectivity index (χ1n) is 8.85. The van der Waals surface area contributed by atoms with Gasteiger partial charge in [0.2, 0.25) is 5.91 Å². The lowest BCUT2D eigenvalue weighted by Gasteiger charge is -2.25. The van der Waals surface area contributed by atoms with Crippen molar-refractivity contribution in [3.05, 3.63) is 28.2 Å². The van der Waals surface area contributed by atoms with Crippen molar-refractivity contribution in [1.29, 1.82) is 0 Å². The minimum atomic E-state index is -3.04. The predicted octanol–water partition coefficient (Wildman–Crippen LogP) is 1.84. The molecule has 0 aromatic carbocycles. The number of amides is 1. The molecule has 10 heteroatoms. The Morgan fingerprint density at radius 2 is 2.00 bits per heavy atom. The van der Waals surface area contributed by atoms with Crippen LogP contribution >= 0.6 is 11.8 Å². The molecule has 1 fully saturated rings. The van der Waals surface area contributed by atoms with E-state index in [9.17, 15) is 13.2 Å². The Kier molecular flexibility index (Phi) is 4.19. The number of aromatic nitrogens is 4. The number of aromatic amines is 1. The SMILES string of the molecule is Cc1nn([C@@]2(C)CCS(=O)(=O)C2)c(C)c1[C@H]1SCC(=O)Nc2n[nH]c(C)c21. The highest BCUT2D eigenvalue weighted by molar-refractivity contribution is 8.00. The normalized spacial score (nSPS) is 27.3. The van der Waals surface area contributed by atoms with Gasteiger partial charge < -0.3 is 5.32 Å². The van der Waals surface area contributed by atoms with E-state index in [4.69, 9.17) is 5.10 Å². The Hall–Kier alpha value is -1.81. The standard InChI is InChI=1S/C17H23N5O3S2/c1-9-14-15(26-7-12(23)18-16(14)20-19-9)13-10(2)21-22(11(13)3)17(4)5-6-27(24,25)8-17/h15H,5-8H2,1-4H3,(H2,18,19,20,23)/t15-,17+/m1/s1. The predicted molar refractivity (Wildman–Crippen MR) is 105 cm³/mol. The Balaban J connectivity index is 1.83. The van der Waals surface area contributed by atoms with Crippen molar-refractivity contribution in [3.8, 4) is 0 Å². The van der Waals surface area contributed by atoms with E-state index in [1.54, 1.807) is 11.8 Å². The van der Waals surface area contributed by atoms with E-state index < -0.39 is 15.4 Å². The number of sulfone groups is 1. The number of anilines is 1. The lowest BCUT2D eigenvalue weighted by Crippen LogP contribution is -2.33. The summed E-state index contributed by atoms with van der Waals surface area (Å²) in [5.41, 5.74) is 4.17. The maximum Gasteiger partial charge on any atom is 0.235 e. The van der Waals surface area contributed by atoms with Crippen molar-refractivity contribution < 1.29 is 13.2 Å². The molecule has 1 saturated heterocycles. The number of aryl methyl sites for hydroxylation is 2. The van der Waals surface area contributed by atoms with Crippen molar-refractivity contribution in [2.24, 2.45) is 0 Å². The number of fused-ring (bicyclic) bond motifs is 1. The summed E-state index contributed by atoms with van der Waals surface area (Å²) >= 11 is 1.55. The van der Waals surface area contributed by atoms with E-state index in [1.165, 1.54) is 0 Å². The van der Waals surface area contributed by atoms with Gasteiger partial charge in [0.1, 0.15) is 0 Å². The number of H-pyrrole nitrogens is 1. The zero-order valence-electron chi connectivity index (χ0n) is 15.8. The Bertz CT molecular complexity index is 1040. The van der Waals surface area contributed by atoms with E-state index in [0.717, 1.165) is 28.2 Å². The molecule has 4 rings (SSSR count). The van der Waals surface area contributed by atoms with Crippen LogP contribution in [0.15, 0.2) is 0 Å². The van der Waals surface area contributed by atoms with Gasteiger partial charge in [0.15, 0.2) is 15.7 Å². The minimum Gasteiger partial charge on any atom is -0.308 e. The molecule has 0 radical (unpaired) electrons. The molecule has 1 amide bonds. The van der Waals surface area contributed by atoms with Gasteiger partial charge in [-0.25, -0.2) is 8.42 Å². The highest BCUT2D eigenvalue weighted by atomic mass is 32.2. The average molecular weight is 410 g/mol. The molecule has 8 nitrogen and oxygen atoms in total. The monoisotopic (exact) mass is 409 g/mol. The van der Waals surface area contributed by atoms with Gasteiger partial charge in [-0.3, -0.25) is 14.6 Å². The summed E-state index contributed by atoms with van der Waals surface area (Å²) in [5, 5.41) is 14.7. The fourth-order valence-electron chi connectivity index (χ4n) is 4.21. The Morgan fingerprint density at radius 1 is 1.26 bits per heavy atom. The third-order valence-corrected chi connectivity index (χ3v) is 8.62. The van der Waals surface area contributed by atoms with E-state index in [0.29, 0.717) is 18.0 Å². The molecular formula is C17H23N5O3S2. The first kappa shape index (κ1) is 18.5. The molecule has 0 aliphatic carbocycles. The smallest absolute Gasteiger partial charge is 0.235 e. The molecule has 2 atom stereocenters. The number of hydrogen-bond donors (Lipinski definition) is 2. The van der Waals surface area contributed by atoms with Crippen molar-refractivity contribution in [2.75, 3.05) is 22.6 Å². The average Bonchev–Trinajstić information content (AvgIpc) is 3.13. The lowest BCUT2D eigenvalue weighted by molar-refractivity contribution is -0.113. The van der Waals surface area contributed by atoms with Gasteiger partial charge in [-0.1, -0.05) is 0 Å². The molecule has 2 N–H and O–H groups in total. The third kappa shape index (κ3) is 2.98.